The van der Waals surface area contributed by atoms with Crippen LogP contribution in [0.15, 0.2) is 52.1 Å². The summed E-state index contributed by atoms with van der Waals surface area (Å²) < 4.78 is 26.8. The molecule has 0 radical (unpaired) electrons. The van der Waals surface area contributed by atoms with Crippen LogP contribution < -0.4 is 5.32 Å². The maximum Gasteiger partial charge on any atom is 0.252 e. The molecule has 0 saturated carbocycles. The number of carbonyl (C=O) groups is 1. The van der Waals surface area contributed by atoms with Crippen LogP contribution in [-0.4, -0.2) is 46.9 Å². The van der Waals surface area contributed by atoms with Gasteiger partial charge in [-0.15, -0.1) is 11.3 Å². The zero-order valence-electron chi connectivity index (χ0n) is 16.7. The molecule has 0 aliphatic heterocycles. The number of hydrogen-bond donors (Lipinski definition) is 2. The molecule has 3 rings (SSSR count). The summed E-state index contributed by atoms with van der Waals surface area (Å²) in [4.78, 5) is 17.3. The van der Waals surface area contributed by atoms with Crippen LogP contribution in [0, 0.1) is 0 Å². The zero-order valence-corrected chi connectivity index (χ0v) is 19.1. The van der Waals surface area contributed by atoms with Crippen LogP contribution in [0.3, 0.4) is 0 Å². The van der Waals surface area contributed by atoms with Crippen molar-refractivity contribution in [1.82, 2.24) is 24.8 Å². The number of benzene rings is 1. The fourth-order valence-electron chi connectivity index (χ4n) is 2.72. The maximum absolute atomic E-state index is 12.6. The molecule has 2 heterocycles. The minimum absolute atomic E-state index is 0.203. The minimum atomic E-state index is -3.47. The van der Waals surface area contributed by atoms with Crippen LogP contribution in [-0.2, 0) is 22.3 Å². The van der Waals surface area contributed by atoms with E-state index in [9.17, 15) is 13.2 Å². The van der Waals surface area contributed by atoms with Crippen LogP contribution in [0.25, 0.3) is 0 Å². The van der Waals surface area contributed by atoms with Gasteiger partial charge >= 0.3 is 0 Å². The molecular weight excluding hydrogens is 442 g/mol. The van der Waals surface area contributed by atoms with Crippen molar-refractivity contribution < 1.29 is 13.2 Å². The molecule has 0 saturated heterocycles. The summed E-state index contributed by atoms with van der Waals surface area (Å²) in [6, 6.07) is 10.7. The van der Waals surface area contributed by atoms with Crippen molar-refractivity contribution in [1.29, 1.82) is 0 Å². The molecule has 11 heteroatoms. The molecule has 30 heavy (non-hydrogen) atoms. The predicted molar refractivity (Wildman–Crippen MR) is 118 cm³/mol. The first kappa shape index (κ1) is 22.5. The van der Waals surface area contributed by atoms with Gasteiger partial charge in [0.15, 0.2) is 5.16 Å². The van der Waals surface area contributed by atoms with E-state index in [4.69, 9.17) is 0 Å². The summed E-state index contributed by atoms with van der Waals surface area (Å²) in [5, 5.41) is 10.2. The first-order chi connectivity index (χ1) is 14.4. The largest absolute Gasteiger partial charge is 0.347 e. The first-order valence-electron chi connectivity index (χ1n) is 9.38. The van der Waals surface area contributed by atoms with Gasteiger partial charge < -0.3 is 5.32 Å². The molecule has 1 aromatic carbocycles. The lowest BCUT2D eigenvalue weighted by atomic mass is 10.1. The molecule has 0 bridgehead atoms. The smallest absolute Gasteiger partial charge is 0.252 e. The second-order valence-corrected chi connectivity index (χ2v) is 10.6. The van der Waals surface area contributed by atoms with Gasteiger partial charge in [0.05, 0.1) is 6.54 Å². The van der Waals surface area contributed by atoms with Crippen molar-refractivity contribution in [3.8, 4) is 0 Å². The number of hydrogen-bond acceptors (Lipinski definition) is 7. The predicted octanol–water partition coefficient (Wildman–Crippen LogP) is 3.12. The Bertz CT molecular complexity index is 1060. The van der Waals surface area contributed by atoms with E-state index < -0.39 is 10.0 Å². The Morgan fingerprint density at radius 1 is 1.17 bits per heavy atom. The van der Waals surface area contributed by atoms with Gasteiger partial charge in [0.2, 0.25) is 0 Å². The Hall–Kier alpha value is -2.21. The molecule has 0 fully saturated rings. The third-order valence-electron chi connectivity index (χ3n) is 4.34. The zero-order chi connectivity index (χ0) is 21.6. The second-order valence-electron chi connectivity index (χ2n) is 6.27. The number of sulfonamides is 1. The molecule has 2 aromatic heterocycles. The number of thiophene rings is 1. The van der Waals surface area contributed by atoms with Crippen molar-refractivity contribution in [2.75, 3.05) is 13.1 Å². The van der Waals surface area contributed by atoms with Crippen molar-refractivity contribution in [2.45, 2.75) is 35.5 Å². The Balaban J connectivity index is 1.55. The summed E-state index contributed by atoms with van der Waals surface area (Å²) in [6.45, 7) is 4.76. The third kappa shape index (κ3) is 5.48. The SMILES string of the molecule is CCN(CC)S(=O)(=O)c1ccc(CNC(=O)c2ccc(CSc3ncn[nH]3)cc2)s1. The Kier molecular flexibility index (Phi) is 7.64. The minimum Gasteiger partial charge on any atom is -0.347 e. The molecular formula is C19H23N5O3S3. The molecule has 0 unspecified atom stereocenters. The number of carbonyl (C=O) groups excluding carboxylic acids is 1. The Labute approximate surface area is 184 Å². The number of nitrogens with zero attached hydrogens (tertiary/aromatic N) is 3. The van der Waals surface area contributed by atoms with E-state index in [0.29, 0.717) is 22.9 Å². The topological polar surface area (TPSA) is 108 Å². The number of thioether (sulfide) groups is 1. The summed E-state index contributed by atoms with van der Waals surface area (Å²) >= 11 is 2.71. The van der Waals surface area contributed by atoms with Gasteiger partial charge in [0.25, 0.3) is 15.9 Å². The lowest BCUT2D eigenvalue weighted by molar-refractivity contribution is 0.0951. The molecule has 8 nitrogen and oxygen atoms in total. The van der Waals surface area contributed by atoms with Gasteiger partial charge in [-0.05, 0) is 29.8 Å². The normalized spacial score (nSPS) is 11.7. The second kappa shape index (κ2) is 10.2. The molecule has 1 amide bonds. The first-order valence-corrected chi connectivity index (χ1v) is 12.6. The highest BCUT2D eigenvalue weighted by molar-refractivity contribution is 7.98. The van der Waals surface area contributed by atoms with E-state index >= 15 is 0 Å². The quantitative estimate of drug-likeness (QED) is 0.446. The number of H-pyrrole nitrogens is 1. The van der Waals surface area contributed by atoms with Crippen LogP contribution in [0.1, 0.15) is 34.6 Å². The van der Waals surface area contributed by atoms with E-state index in [1.165, 1.54) is 33.7 Å². The highest BCUT2D eigenvalue weighted by atomic mass is 32.2. The average Bonchev–Trinajstić information content (AvgIpc) is 3.44. The molecule has 0 spiro atoms. The molecule has 3 aromatic rings. The number of aromatic amines is 1. The van der Waals surface area contributed by atoms with E-state index in [2.05, 4.69) is 20.5 Å². The highest BCUT2D eigenvalue weighted by Gasteiger charge is 2.23. The molecule has 0 atom stereocenters. The molecule has 0 aliphatic carbocycles. The number of rotatable bonds is 10. The summed E-state index contributed by atoms with van der Waals surface area (Å²) in [7, 11) is -3.47. The van der Waals surface area contributed by atoms with Gasteiger partial charge in [-0.2, -0.15) is 9.40 Å². The van der Waals surface area contributed by atoms with E-state index in [0.717, 1.165) is 21.3 Å². The van der Waals surface area contributed by atoms with Crippen molar-refractivity contribution >= 4 is 39.0 Å². The van der Waals surface area contributed by atoms with Crippen LogP contribution >= 0.6 is 23.1 Å². The summed E-state index contributed by atoms with van der Waals surface area (Å²) in [5.41, 5.74) is 1.62. The van der Waals surface area contributed by atoms with Crippen LogP contribution in [0.4, 0.5) is 0 Å². The third-order valence-corrected chi connectivity index (χ3v) is 8.89. The summed E-state index contributed by atoms with van der Waals surface area (Å²) in [6.07, 6.45) is 1.46. The van der Waals surface area contributed by atoms with Gasteiger partial charge in [-0.25, -0.2) is 13.4 Å². The van der Waals surface area contributed by atoms with Crippen LogP contribution in [0.5, 0.6) is 0 Å². The van der Waals surface area contributed by atoms with Crippen molar-refractivity contribution in [3.63, 3.8) is 0 Å². The van der Waals surface area contributed by atoms with Crippen molar-refractivity contribution in [2.24, 2.45) is 0 Å². The van der Waals surface area contributed by atoms with Gasteiger partial charge in [-0.3, -0.25) is 9.89 Å². The highest BCUT2D eigenvalue weighted by Crippen LogP contribution is 2.25. The van der Waals surface area contributed by atoms with E-state index in [1.807, 2.05) is 26.0 Å². The number of nitrogens with one attached hydrogen (secondary N) is 2. The van der Waals surface area contributed by atoms with Gasteiger partial charge in [-0.1, -0.05) is 37.7 Å². The fraction of sp³-hybridized carbons (Fsp3) is 0.316. The van der Waals surface area contributed by atoms with E-state index in [-0.39, 0.29) is 12.5 Å². The fourth-order valence-corrected chi connectivity index (χ4v) is 6.36. The number of aromatic nitrogens is 3. The summed E-state index contributed by atoms with van der Waals surface area (Å²) in [5.74, 6) is 0.516. The molecule has 160 valence electrons. The van der Waals surface area contributed by atoms with Gasteiger partial charge in [0.1, 0.15) is 10.5 Å². The van der Waals surface area contributed by atoms with E-state index in [1.54, 1.807) is 24.3 Å². The monoisotopic (exact) mass is 465 g/mol. The number of amides is 1. The average molecular weight is 466 g/mol. The Morgan fingerprint density at radius 3 is 2.53 bits per heavy atom. The Morgan fingerprint density at radius 2 is 1.90 bits per heavy atom. The standard InChI is InChI=1S/C19H23N5O3S3/c1-3-24(4-2)30(26,27)17-10-9-16(29-17)11-20-18(25)15-7-5-14(6-8-15)12-28-19-21-13-22-23-19/h5-10,13H,3-4,11-12H2,1-2H3,(H,20,25)(H,21,22,23). The van der Waals surface area contributed by atoms with Gasteiger partial charge in [0, 0.05) is 29.3 Å². The van der Waals surface area contributed by atoms with Crippen LogP contribution in [0.2, 0.25) is 0 Å². The lowest BCUT2D eigenvalue weighted by Gasteiger charge is -2.16. The maximum atomic E-state index is 12.6. The lowest BCUT2D eigenvalue weighted by Crippen LogP contribution is -2.30. The molecule has 2 N–H and O–H groups in total. The van der Waals surface area contributed by atoms with Crippen molar-refractivity contribution in [3.05, 3.63) is 58.7 Å². The molecule has 0 aliphatic rings.